The van der Waals surface area contributed by atoms with E-state index in [2.05, 4.69) is 32.7 Å². The molecule has 0 bridgehead atoms. The summed E-state index contributed by atoms with van der Waals surface area (Å²) in [4.78, 5) is 9.42. The van der Waals surface area contributed by atoms with Crippen molar-refractivity contribution in [2.45, 2.75) is 58.8 Å². The van der Waals surface area contributed by atoms with E-state index >= 15 is 0 Å². The Kier molecular flexibility index (Phi) is 2.76. The zero-order valence-corrected chi connectivity index (χ0v) is 10.2. The van der Waals surface area contributed by atoms with E-state index in [1.807, 2.05) is 0 Å². The van der Waals surface area contributed by atoms with Crippen molar-refractivity contribution in [2.24, 2.45) is 0 Å². The summed E-state index contributed by atoms with van der Waals surface area (Å²) in [6.07, 6.45) is 3.59. The summed E-state index contributed by atoms with van der Waals surface area (Å²) in [5.41, 5.74) is 4.05. The second-order valence-electron chi connectivity index (χ2n) is 5.06. The van der Waals surface area contributed by atoms with Gasteiger partial charge in [0.2, 0.25) is 0 Å². The first kappa shape index (κ1) is 10.6. The molecule has 1 aromatic rings. The Labute approximate surface area is 92.1 Å². The summed E-state index contributed by atoms with van der Waals surface area (Å²) in [6, 6.07) is 0. The Balaban J connectivity index is 2.52. The van der Waals surface area contributed by atoms with Gasteiger partial charge >= 0.3 is 0 Å². The van der Waals surface area contributed by atoms with E-state index < -0.39 is 0 Å². The molecule has 2 rings (SSSR count). The van der Waals surface area contributed by atoms with E-state index in [4.69, 9.17) is 4.98 Å². The summed E-state index contributed by atoms with van der Waals surface area (Å²) in [6.45, 7) is 8.79. The Hall–Kier alpha value is -0.920. The molecule has 0 radical (unpaired) electrons. The lowest BCUT2D eigenvalue weighted by Gasteiger charge is -2.14. The van der Waals surface area contributed by atoms with Crippen LogP contribution in [0.15, 0.2) is 0 Å². The van der Waals surface area contributed by atoms with Gasteiger partial charge in [-0.3, -0.25) is 0 Å². The first-order chi connectivity index (χ1) is 7.09. The highest BCUT2D eigenvalue weighted by Crippen LogP contribution is 2.28. The SMILES string of the molecule is CC(C)c1nc2c(c(C(C)C)n1)CCC2. The first-order valence-electron chi connectivity index (χ1n) is 5.99. The molecular formula is C13H20N2. The maximum atomic E-state index is 4.73. The highest BCUT2D eigenvalue weighted by atomic mass is 14.9. The van der Waals surface area contributed by atoms with Gasteiger partial charge in [0.15, 0.2) is 0 Å². The van der Waals surface area contributed by atoms with Crippen LogP contribution < -0.4 is 0 Å². The average molecular weight is 204 g/mol. The van der Waals surface area contributed by atoms with Crippen LogP contribution >= 0.6 is 0 Å². The molecule has 1 aliphatic rings. The summed E-state index contributed by atoms with van der Waals surface area (Å²) >= 11 is 0. The minimum atomic E-state index is 0.438. The van der Waals surface area contributed by atoms with Crippen LogP contribution in [-0.2, 0) is 12.8 Å². The molecule has 0 atom stereocenters. The summed E-state index contributed by atoms with van der Waals surface area (Å²) < 4.78 is 0. The smallest absolute Gasteiger partial charge is 0.131 e. The van der Waals surface area contributed by atoms with E-state index in [1.54, 1.807) is 0 Å². The van der Waals surface area contributed by atoms with E-state index in [1.165, 1.54) is 29.8 Å². The summed E-state index contributed by atoms with van der Waals surface area (Å²) in [7, 11) is 0. The molecule has 0 amide bonds. The Bertz CT molecular complexity index is 367. The van der Waals surface area contributed by atoms with Gasteiger partial charge in [-0.15, -0.1) is 0 Å². The van der Waals surface area contributed by atoms with Crippen molar-refractivity contribution < 1.29 is 0 Å². The van der Waals surface area contributed by atoms with Crippen molar-refractivity contribution in [1.29, 1.82) is 0 Å². The Morgan fingerprint density at radius 1 is 0.933 bits per heavy atom. The zero-order chi connectivity index (χ0) is 11.0. The van der Waals surface area contributed by atoms with E-state index in [0.29, 0.717) is 11.8 Å². The van der Waals surface area contributed by atoms with Gasteiger partial charge in [-0.1, -0.05) is 27.7 Å². The number of hydrogen-bond donors (Lipinski definition) is 0. The van der Waals surface area contributed by atoms with Crippen LogP contribution in [0.2, 0.25) is 0 Å². The number of nitrogens with zero attached hydrogens (tertiary/aromatic N) is 2. The van der Waals surface area contributed by atoms with Crippen LogP contribution in [0.1, 0.15) is 68.7 Å². The van der Waals surface area contributed by atoms with Gasteiger partial charge in [-0.05, 0) is 30.7 Å². The van der Waals surface area contributed by atoms with Crippen LogP contribution in [-0.4, -0.2) is 9.97 Å². The van der Waals surface area contributed by atoms with Gasteiger partial charge in [-0.25, -0.2) is 9.97 Å². The van der Waals surface area contributed by atoms with Crippen LogP contribution in [0.3, 0.4) is 0 Å². The third-order valence-corrected chi connectivity index (χ3v) is 3.05. The van der Waals surface area contributed by atoms with Crippen molar-refractivity contribution in [3.05, 3.63) is 22.8 Å². The predicted octanol–water partition coefficient (Wildman–Crippen LogP) is 3.21. The standard InChI is InChI=1S/C13H20N2/c1-8(2)12-10-6-5-7-11(10)14-13(15-12)9(3)4/h8-9H,5-7H2,1-4H3. The van der Waals surface area contributed by atoms with E-state index in [-0.39, 0.29) is 0 Å². The fourth-order valence-corrected chi connectivity index (χ4v) is 2.22. The molecule has 0 unspecified atom stereocenters. The van der Waals surface area contributed by atoms with Crippen molar-refractivity contribution >= 4 is 0 Å². The molecule has 0 aromatic carbocycles. The molecule has 0 spiro atoms. The highest BCUT2D eigenvalue weighted by molar-refractivity contribution is 5.32. The molecule has 1 aliphatic carbocycles. The lowest BCUT2D eigenvalue weighted by molar-refractivity contribution is 0.714. The second kappa shape index (κ2) is 3.92. The maximum Gasteiger partial charge on any atom is 0.131 e. The highest BCUT2D eigenvalue weighted by Gasteiger charge is 2.21. The second-order valence-corrected chi connectivity index (χ2v) is 5.06. The van der Waals surface area contributed by atoms with Gasteiger partial charge in [-0.2, -0.15) is 0 Å². The molecule has 2 nitrogen and oxygen atoms in total. The van der Waals surface area contributed by atoms with Gasteiger partial charge in [0, 0.05) is 11.6 Å². The zero-order valence-electron chi connectivity index (χ0n) is 10.2. The van der Waals surface area contributed by atoms with Crippen LogP contribution in [0, 0.1) is 0 Å². The maximum absolute atomic E-state index is 4.73. The number of rotatable bonds is 2. The van der Waals surface area contributed by atoms with Crippen LogP contribution in [0.25, 0.3) is 0 Å². The number of aryl methyl sites for hydroxylation is 1. The van der Waals surface area contributed by atoms with Gasteiger partial charge < -0.3 is 0 Å². The van der Waals surface area contributed by atoms with Crippen molar-refractivity contribution in [1.82, 2.24) is 9.97 Å². The molecular weight excluding hydrogens is 184 g/mol. The van der Waals surface area contributed by atoms with Crippen LogP contribution in [0.5, 0.6) is 0 Å². The molecule has 2 heteroatoms. The number of hydrogen-bond acceptors (Lipinski definition) is 2. The summed E-state index contributed by atoms with van der Waals surface area (Å²) in [5, 5.41) is 0. The largest absolute Gasteiger partial charge is 0.237 e. The van der Waals surface area contributed by atoms with Crippen molar-refractivity contribution in [3.63, 3.8) is 0 Å². The molecule has 82 valence electrons. The van der Waals surface area contributed by atoms with Crippen molar-refractivity contribution in [3.8, 4) is 0 Å². The predicted molar refractivity (Wildman–Crippen MR) is 62.2 cm³/mol. The fraction of sp³-hybridized carbons (Fsp3) is 0.692. The molecule has 0 saturated heterocycles. The topological polar surface area (TPSA) is 25.8 Å². The molecule has 1 heterocycles. The normalized spacial score (nSPS) is 15.1. The first-order valence-corrected chi connectivity index (χ1v) is 5.99. The molecule has 0 N–H and O–H groups in total. The van der Waals surface area contributed by atoms with Crippen LogP contribution in [0.4, 0.5) is 0 Å². The quantitative estimate of drug-likeness (QED) is 0.739. The Morgan fingerprint density at radius 3 is 2.27 bits per heavy atom. The van der Waals surface area contributed by atoms with Gasteiger partial charge in [0.05, 0.1) is 5.69 Å². The summed E-state index contributed by atoms with van der Waals surface area (Å²) in [5.74, 6) is 1.99. The van der Waals surface area contributed by atoms with Crippen molar-refractivity contribution in [2.75, 3.05) is 0 Å². The molecule has 0 fully saturated rings. The number of aromatic nitrogens is 2. The Morgan fingerprint density at radius 2 is 1.67 bits per heavy atom. The minimum absolute atomic E-state index is 0.438. The molecule has 0 aliphatic heterocycles. The lowest BCUT2D eigenvalue weighted by atomic mass is 10.0. The van der Waals surface area contributed by atoms with Gasteiger partial charge in [0.1, 0.15) is 5.82 Å². The van der Waals surface area contributed by atoms with Gasteiger partial charge in [0.25, 0.3) is 0 Å². The van der Waals surface area contributed by atoms with E-state index in [9.17, 15) is 0 Å². The third kappa shape index (κ3) is 1.90. The minimum Gasteiger partial charge on any atom is -0.237 e. The third-order valence-electron chi connectivity index (χ3n) is 3.05. The monoisotopic (exact) mass is 204 g/mol. The molecule has 0 saturated carbocycles. The van der Waals surface area contributed by atoms with E-state index in [0.717, 1.165) is 12.2 Å². The fourth-order valence-electron chi connectivity index (χ4n) is 2.22. The lowest BCUT2D eigenvalue weighted by Crippen LogP contribution is -2.08. The number of fused-ring (bicyclic) bond motifs is 1. The molecule has 1 aromatic heterocycles. The molecule has 15 heavy (non-hydrogen) atoms. The average Bonchev–Trinajstić information content (AvgIpc) is 2.62.